The van der Waals surface area contributed by atoms with Crippen molar-refractivity contribution < 1.29 is 19.2 Å². The van der Waals surface area contributed by atoms with Gasteiger partial charge in [-0.3, -0.25) is 24.6 Å². The topological polar surface area (TPSA) is 89.8 Å². The zero-order valence-electron chi connectivity index (χ0n) is 17.0. The van der Waals surface area contributed by atoms with E-state index in [1.165, 1.54) is 22.7 Å². The second-order valence-electron chi connectivity index (χ2n) is 7.15. The molecule has 3 aromatic carbocycles. The van der Waals surface area contributed by atoms with Crippen molar-refractivity contribution in [2.45, 2.75) is 17.4 Å². The molecule has 0 aromatic heterocycles. The first kappa shape index (κ1) is 21.6. The van der Waals surface area contributed by atoms with E-state index in [2.05, 4.69) is 0 Å². The number of fused-ring (bicyclic) bond motifs is 1. The van der Waals surface area contributed by atoms with Crippen LogP contribution < -0.4 is 4.74 Å². The predicted octanol–water partition coefficient (Wildman–Crippen LogP) is 4.88. The van der Waals surface area contributed by atoms with Gasteiger partial charge in [0.25, 0.3) is 11.6 Å². The van der Waals surface area contributed by atoms with Gasteiger partial charge in [-0.15, -0.1) is 11.8 Å². The van der Waals surface area contributed by atoms with Crippen molar-refractivity contribution in [2.75, 3.05) is 12.3 Å². The molecule has 2 amide bonds. The highest BCUT2D eigenvalue weighted by Gasteiger charge is 2.33. The van der Waals surface area contributed by atoms with Gasteiger partial charge in [0.05, 0.1) is 21.9 Å². The molecule has 0 fully saturated rings. The molecule has 162 valence electrons. The molecule has 3 aromatic rings. The summed E-state index contributed by atoms with van der Waals surface area (Å²) in [5.74, 6) is 0.00406. The highest BCUT2D eigenvalue weighted by atomic mass is 32.2. The predicted molar refractivity (Wildman–Crippen MR) is 121 cm³/mol. The summed E-state index contributed by atoms with van der Waals surface area (Å²) in [7, 11) is 0. The number of carbonyl (C=O) groups excluding carboxylic acids is 2. The molecule has 1 heterocycles. The fourth-order valence-corrected chi connectivity index (χ4v) is 4.46. The van der Waals surface area contributed by atoms with Crippen LogP contribution >= 0.6 is 11.8 Å². The fraction of sp³-hybridized carbons (Fsp3) is 0.167. The number of benzene rings is 3. The normalized spacial score (nSPS) is 15.4. The molecule has 0 saturated carbocycles. The van der Waals surface area contributed by atoms with Crippen LogP contribution in [0.1, 0.15) is 28.4 Å². The summed E-state index contributed by atoms with van der Waals surface area (Å²) in [6.45, 7) is 0.0898. The summed E-state index contributed by atoms with van der Waals surface area (Å²) in [6.07, 6.45) is -0.429. The summed E-state index contributed by atoms with van der Waals surface area (Å²) >= 11 is 1.23. The van der Waals surface area contributed by atoms with Crippen molar-refractivity contribution in [2.24, 2.45) is 0 Å². The third kappa shape index (κ3) is 4.65. The van der Waals surface area contributed by atoms with Gasteiger partial charge in [-0.05, 0) is 23.8 Å². The second kappa shape index (κ2) is 9.65. The Kier molecular flexibility index (Phi) is 6.51. The fourth-order valence-electron chi connectivity index (χ4n) is 3.50. The molecule has 1 atom stereocenters. The minimum absolute atomic E-state index is 0.00210. The van der Waals surface area contributed by atoms with Crippen LogP contribution in [-0.2, 0) is 4.79 Å². The molecule has 7 nitrogen and oxygen atoms in total. The number of carbonyl (C=O) groups is 2. The van der Waals surface area contributed by atoms with Crippen LogP contribution in [0.5, 0.6) is 5.75 Å². The third-order valence-corrected chi connectivity index (χ3v) is 6.15. The van der Waals surface area contributed by atoms with E-state index in [0.29, 0.717) is 22.0 Å². The Bertz CT molecular complexity index is 1150. The van der Waals surface area contributed by atoms with E-state index in [1.807, 2.05) is 30.3 Å². The van der Waals surface area contributed by atoms with Gasteiger partial charge in [-0.1, -0.05) is 54.6 Å². The SMILES string of the molecule is O=C(CCSc1ccccc1[N+](=O)[O-])N1CC(c2ccccc2)Oc2ccccc2C1=O. The zero-order valence-corrected chi connectivity index (χ0v) is 17.9. The van der Waals surface area contributed by atoms with E-state index in [0.717, 1.165) is 5.56 Å². The number of amides is 2. The molecule has 0 spiro atoms. The van der Waals surface area contributed by atoms with Gasteiger partial charge in [-0.25, -0.2) is 0 Å². The number of nitro benzene ring substituents is 1. The van der Waals surface area contributed by atoms with Gasteiger partial charge in [0.15, 0.2) is 0 Å². The maximum Gasteiger partial charge on any atom is 0.282 e. The summed E-state index contributed by atoms with van der Waals surface area (Å²) in [6, 6.07) is 22.7. The van der Waals surface area contributed by atoms with Crippen LogP contribution in [0.25, 0.3) is 0 Å². The average molecular weight is 449 g/mol. The number of nitro groups is 1. The first-order chi connectivity index (χ1) is 15.5. The van der Waals surface area contributed by atoms with Crippen molar-refractivity contribution in [3.8, 4) is 5.75 Å². The number of para-hydroxylation sites is 2. The quantitative estimate of drug-likeness (QED) is 0.303. The molecule has 0 N–H and O–H groups in total. The van der Waals surface area contributed by atoms with E-state index in [-0.39, 0.29) is 24.6 Å². The van der Waals surface area contributed by atoms with Crippen LogP contribution in [0.4, 0.5) is 5.69 Å². The van der Waals surface area contributed by atoms with Crippen molar-refractivity contribution in [3.63, 3.8) is 0 Å². The minimum Gasteiger partial charge on any atom is -0.483 e. The Morgan fingerprint density at radius 2 is 1.72 bits per heavy atom. The molecule has 1 unspecified atom stereocenters. The van der Waals surface area contributed by atoms with E-state index in [9.17, 15) is 19.7 Å². The lowest BCUT2D eigenvalue weighted by atomic mass is 10.1. The van der Waals surface area contributed by atoms with Crippen molar-refractivity contribution >= 4 is 29.3 Å². The lowest BCUT2D eigenvalue weighted by Crippen LogP contribution is -2.39. The van der Waals surface area contributed by atoms with Crippen LogP contribution in [0, 0.1) is 10.1 Å². The molecule has 8 heteroatoms. The van der Waals surface area contributed by atoms with E-state index >= 15 is 0 Å². The monoisotopic (exact) mass is 448 g/mol. The Morgan fingerprint density at radius 1 is 1.03 bits per heavy atom. The lowest BCUT2D eigenvalue weighted by molar-refractivity contribution is -0.387. The number of hydrogen-bond acceptors (Lipinski definition) is 6. The molecule has 1 aliphatic rings. The Morgan fingerprint density at radius 3 is 2.50 bits per heavy atom. The molecule has 0 radical (unpaired) electrons. The summed E-state index contributed by atoms with van der Waals surface area (Å²) in [5, 5.41) is 11.2. The standard InChI is InChI=1S/C24H20N2O5S/c27-23(14-15-32-22-13-7-5-11-19(22)26(29)30)25-16-21(17-8-2-1-3-9-17)31-20-12-6-4-10-18(20)24(25)28/h1-13,21H,14-16H2. The Hall–Kier alpha value is -3.65. The lowest BCUT2D eigenvalue weighted by Gasteiger charge is -2.23. The van der Waals surface area contributed by atoms with E-state index in [4.69, 9.17) is 4.74 Å². The Balaban J connectivity index is 1.52. The molecule has 0 aliphatic carbocycles. The first-order valence-electron chi connectivity index (χ1n) is 10.1. The number of ether oxygens (including phenoxy) is 1. The zero-order chi connectivity index (χ0) is 22.5. The van der Waals surface area contributed by atoms with E-state index in [1.54, 1.807) is 42.5 Å². The van der Waals surface area contributed by atoms with Crippen LogP contribution in [0.3, 0.4) is 0 Å². The van der Waals surface area contributed by atoms with Gasteiger partial charge in [0.1, 0.15) is 11.9 Å². The molecular formula is C24H20N2O5S. The maximum atomic E-state index is 13.2. The van der Waals surface area contributed by atoms with Crippen LogP contribution in [0.15, 0.2) is 83.8 Å². The number of thioether (sulfide) groups is 1. The molecule has 1 aliphatic heterocycles. The van der Waals surface area contributed by atoms with Gasteiger partial charge in [0, 0.05) is 18.2 Å². The molecular weight excluding hydrogens is 428 g/mol. The number of rotatable bonds is 6. The molecule has 0 bridgehead atoms. The smallest absolute Gasteiger partial charge is 0.282 e. The van der Waals surface area contributed by atoms with Crippen molar-refractivity contribution in [3.05, 3.63) is 100 Å². The van der Waals surface area contributed by atoms with Crippen LogP contribution in [-0.4, -0.2) is 33.9 Å². The number of nitrogens with zero attached hydrogens (tertiary/aromatic N) is 2. The summed E-state index contributed by atoms with van der Waals surface area (Å²) in [4.78, 5) is 38.7. The van der Waals surface area contributed by atoms with E-state index < -0.39 is 16.9 Å². The number of hydrogen-bond donors (Lipinski definition) is 0. The van der Waals surface area contributed by atoms with Gasteiger partial charge >= 0.3 is 0 Å². The first-order valence-corrected chi connectivity index (χ1v) is 11.0. The maximum absolute atomic E-state index is 13.2. The van der Waals surface area contributed by atoms with Gasteiger partial charge in [-0.2, -0.15) is 0 Å². The molecule has 32 heavy (non-hydrogen) atoms. The second-order valence-corrected chi connectivity index (χ2v) is 8.28. The number of imide groups is 1. The largest absolute Gasteiger partial charge is 0.483 e. The highest BCUT2D eigenvalue weighted by Crippen LogP contribution is 2.32. The molecule has 0 saturated heterocycles. The van der Waals surface area contributed by atoms with Crippen molar-refractivity contribution in [1.82, 2.24) is 4.90 Å². The molecule has 4 rings (SSSR count). The van der Waals surface area contributed by atoms with Crippen LogP contribution in [0.2, 0.25) is 0 Å². The summed E-state index contributed by atoms with van der Waals surface area (Å²) < 4.78 is 6.11. The summed E-state index contributed by atoms with van der Waals surface area (Å²) in [5.41, 5.74) is 1.21. The Labute approximate surface area is 189 Å². The van der Waals surface area contributed by atoms with Gasteiger partial charge in [0.2, 0.25) is 5.91 Å². The highest BCUT2D eigenvalue weighted by molar-refractivity contribution is 7.99. The third-order valence-electron chi connectivity index (χ3n) is 5.09. The minimum atomic E-state index is -0.490. The average Bonchev–Trinajstić information content (AvgIpc) is 2.96. The van der Waals surface area contributed by atoms with Gasteiger partial charge < -0.3 is 4.74 Å². The van der Waals surface area contributed by atoms with Crippen molar-refractivity contribution in [1.29, 1.82) is 0 Å².